The molecule has 31 heavy (non-hydrogen) atoms. The van der Waals surface area contributed by atoms with Gasteiger partial charge in [0.15, 0.2) is 0 Å². The van der Waals surface area contributed by atoms with Crippen LogP contribution in [0.25, 0.3) is 16.7 Å². The second-order valence-electron chi connectivity index (χ2n) is 7.35. The van der Waals surface area contributed by atoms with E-state index in [0.29, 0.717) is 18.4 Å². The lowest BCUT2D eigenvalue weighted by atomic mass is 9.87. The molecule has 1 heterocycles. The summed E-state index contributed by atoms with van der Waals surface area (Å²) in [6.07, 6.45) is 6.34. The highest BCUT2D eigenvalue weighted by Gasteiger charge is 2.16. The molecule has 4 heteroatoms. The predicted octanol–water partition coefficient (Wildman–Crippen LogP) is 6.88. The highest BCUT2D eigenvalue weighted by atomic mass is 19.1. The van der Waals surface area contributed by atoms with Crippen molar-refractivity contribution < 1.29 is 19.3 Å². The number of ether oxygens (including phenoxy) is 1. The lowest BCUT2D eigenvalue weighted by Gasteiger charge is -2.18. The Morgan fingerprint density at radius 2 is 1.45 bits per heavy atom. The fourth-order valence-corrected chi connectivity index (χ4v) is 3.83. The number of phenolic OH excluding ortho intramolecular Hbond substituents is 2. The SMILES string of the molecule is CCC(=C(c1ccc(O)cc1)c1ccc(O)cc1)c1ccc(F)c(C2=COC=CC2)c1. The number of hydrogen-bond acceptors (Lipinski definition) is 3. The lowest BCUT2D eigenvalue weighted by Crippen LogP contribution is -1.98. The summed E-state index contributed by atoms with van der Waals surface area (Å²) in [5, 5.41) is 19.5. The molecular formula is C27H23FO3. The molecule has 0 spiro atoms. The maximum absolute atomic E-state index is 14.7. The third-order valence-corrected chi connectivity index (χ3v) is 5.35. The Kier molecular flexibility index (Phi) is 5.89. The zero-order valence-corrected chi connectivity index (χ0v) is 17.2. The number of hydrogen-bond donors (Lipinski definition) is 2. The third-order valence-electron chi connectivity index (χ3n) is 5.35. The summed E-state index contributed by atoms with van der Waals surface area (Å²) in [4.78, 5) is 0. The van der Waals surface area contributed by atoms with Crippen molar-refractivity contribution in [3.63, 3.8) is 0 Å². The maximum Gasteiger partial charge on any atom is 0.130 e. The number of benzene rings is 3. The molecule has 0 aromatic heterocycles. The summed E-state index contributed by atoms with van der Waals surface area (Å²) in [7, 11) is 0. The van der Waals surface area contributed by atoms with Gasteiger partial charge in [0.1, 0.15) is 17.3 Å². The van der Waals surface area contributed by atoms with Crippen molar-refractivity contribution in [1.29, 1.82) is 0 Å². The van der Waals surface area contributed by atoms with Gasteiger partial charge in [-0.05, 0) is 83.2 Å². The Morgan fingerprint density at radius 3 is 1.97 bits per heavy atom. The minimum absolute atomic E-state index is 0.188. The third kappa shape index (κ3) is 4.38. The topological polar surface area (TPSA) is 49.7 Å². The van der Waals surface area contributed by atoms with E-state index in [4.69, 9.17) is 4.74 Å². The van der Waals surface area contributed by atoms with Crippen LogP contribution in [0.5, 0.6) is 11.5 Å². The van der Waals surface area contributed by atoms with Crippen molar-refractivity contribution >= 4 is 16.7 Å². The molecule has 0 radical (unpaired) electrons. The average molecular weight is 414 g/mol. The summed E-state index contributed by atoms with van der Waals surface area (Å²) >= 11 is 0. The fourth-order valence-electron chi connectivity index (χ4n) is 3.83. The highest BCUT2D eigenvalue weighted by Crippen LogP contribution is 2.37. The van der Waals surface area contributed by atoms with Gasteiger partial charge < -0.3 is 14.9 Å². The van der Waals surface area contributed by atoms with Gasteiger partial charge in [-0.2, -0.15) is 0 Å². The van der Waals surface area contributed by atoms with E-state index in [0.717, 1.165) is 33.4 Å². The molecule has 0 aliphatic carbocycles. The van der Waals surface area contributed by atoms with Crippen LogP contribution in [0.4, 0.5) is 4.39 Å². The molecular weight excluding hydrogens is 391 g/mol. The first-order valence-electron chi connectivity index (χ1n) is 10.2. The van der Waals surface area contributed by atoms with Crippen molar-refractivity contribution in [2.24, 2.45) is 0 Å². The first-order chi connectivity index (χ1) is 15.1. The summed E-state index contributed by atoms with van der Waals surface area (Å²) in [5.41, 5.74) is 6.06. The van der Waals surface area contributed by atoms with Crippen LogP contribution in [-0.4, -0.2) is 10.2 Å². The van der Waals surface area contributed by atoms with Crippen LogP contribution in [0.15, 0.2) is 85.3 Å². The fraction of sp³-hybridized carbons (Fsp3) is 0.111. The minimum Gasteiger partial charge on any atom is -0.508 e. The Balaban J connectivity index is 1.92. The van der Waals surface area contributed by atoms with Gasteiger partial charge in [0.25, 0.3) is 0 Å². The Hall–Kier alpha value is -3.79. The molecule has 0 amide bonds. The van der Waals surface area contributed by atoms with Gasteiger partial charge in [-0.25, -0.2) is 4.39 Å². The number of phenols is 2. The van der Waals surface area contributed by atoms with Gasteiger partial charge in [-0.1, -0.05) is 37.3 Å². The number of halogens is 1. The molecule has 0 saturated carbocycles. The molecule has 4 rings (SSSR count). The lowest BCUT2D eigenvalue weighted by molar-refractivity contribution is 0.396. The minimum atomic E-state index is -0.292. The molecule has 3 nitrogen and oxygen atoms in total. The summed E-state index contributed by atoms with van der Waals surface area (Å²) in [5.74, 6) is 0.0848. The van der Waals surface area contributed by atoms with Gasteiger partial charge in [-0.15, -0.1) is 0 Å². The Labute approximate surface area is 181 Å². The molecule has 1 aliphatic heterocycles. The molecule has 3 aromatic carbocycles. The van der Waals surface area contributed by atoms with Crippen LogP contribution in [0.3, 0.4) is 0 Å². The van der Waals surface area contributed by atoms with E-state index in [1.165, 1.54) is 6.07 Å². The molecule has 0 saturated heterocycles. The molecule has 0 unspecified atom stereocenters. The standard InChI is InChI=1S/C27H23FO3/c1-2-24(20-9-14-26(28)25(16-20)21-4-3-15-31-17-21)27(18-5-10-22(29)11-6-18)19-7-12-23(30)13-8-19/h3,5-17,29-30H,2,4H2,1H3. The quantitative estimate of drug-likeness (QED) is 0.447. The second kappa shape index (κ2) is 8.92. The van der Waals surface area contributed by atoms with E-state index >= 15 is 0 Å². The zero-order valence-electron chi connectivity index (χ0n) is 17.2. The normalized spacial score (nSPS) is 12.8. The largest absolute Gasteiger partial charge is 0.508 e. The van der Waals surface area contributed by atoms with Crippen molar-refractivity contribution in [3.05, 3.63) is 113 Å². The maximum atomic E-state index is 14.7. The van der Waals surface area contributed by atoms with E-state index in [9.17, 15) is 14.6 Å². The smallest absolute Gasteiger partial charge is 0.130 e. The van der Waals surface area contributed by atoms with Gasteiger partial charge in [0.05, 0.1) is 12.5 Å². The number of rotatable bonds is 5. The van der Waals surface area contributed by atoms with Crippen LogP contribution >= 0.6 is 0 Å². The van der Waals surface area contributed by atoms with E-state index in [2.05, 4.69) is 6.92 Å². The average Bonchev–Trinajstić information content (AvgIpc) is 2.80. The summed E-state index contributed by atoms with van der Waals surface area (Å²) in [6.45, 7) is 2.06. The number of allylic oxidation sites excluding steroid dienone is 3. The summed E-state index contributed by atoms with van der Waals surface area (Å²) < 4.78 is 19.9. The van der Waals surface area contributed by atoms with Crippen LogP contribution in [-0.2, 0) is 4.74 Å². The molecule has 156 valence electrons. The molecule has 0 fully saturated rings. The van der Waals surface area contributed by atoms with E-state index in [-0.39, 0.29) is 17.3 Å². The van der Waals surface area contributed by atoms with E-state index in [1.54, 1.807) is 42.9 Å². The van der Waals surface area contributed by atoms with Gasteiger partial charge in [-0.3, -0.25) is 0 Å². The highest BCUT2D eigenvalue weighted by molar-refractivity contribution is 5.99. The molecule has 0 bridgehead atoms. The first-order valence-corrected chi connectivity index (χ1v) is 10.2. The first kappa shape index (κ1) is 20.5. The van der Waals surface area contributed by atoms with Crippen molar-refractivity contribution in [2.75, 3.05) is 0 Å². The van der Waals surface area contributed by atoms with Crippen molar-refractivity contribution in [3.8, 4) is 11.5 Å². The number of aromatic hydroxyl groups is 2. The van der Waals surface area contributed by atoms with Crippen molar-refractivity contribution in [2.45, 2.75) is 19.8 Å². The van der Waals surface area contributed by atoms with Crippen molar-refractivity contribution in [1.82, 2.24) is 0 Å². The zero-order chi connectivity index (χ0) is 21.8. The molecule has 2 N–H and O–H groups in total. The Morgan fingerprint density at radius 1 is 0.871 bits per heavy atom. The van der Waals surface area contributed by atoms with Crippen LogP contribution in [0.2, 0.25) is 0 Å². The monoisotopic (exact) mass is 414 g/mol. The van der Waals surface area contributed by atoms with Crippen LogP contribution in [0, 0.1) is 5.82 Å². The second-order valence-corrected chi connectivity index (χ2v) is 7.35. The van der Waals surface area contributed by atoms with Crippen LogP contribution in [0.1, 0.15) is 42.0 Å². The van der Waals surface area contributed by atoms with Gasteiger partial charge >= 0.3 is 0 Å². The predicted molar refractivity (Wildman–Crippen MR) is 122 cm³/mol. The summed E-state index contributed by atoms with van der Waals surface area (Å²) in [6, 6.07) is 19.2. The Bertz CT molecular complexity index is 1120. The molecule has 0 atom stereocenters. The molecule has 3 aromatic rings. The van der Waals surface area contributed by atoms with Gasteiger partial charge in [0, 0.05) is 11.1 Å². The molecule has 1 aliphatic rings. The van der Waals surface area contributed by atoms with Gasteiger partial charge in [0.2, 0.25) is 0 Å². The van der Waals surface area contributed by atoms with E-state index < -0.39 is 0 Å². The van der Waals surface area contributed by atoms with E-state index in [1.807, 2.05) is 36.4 Å². The van der Waals surface area contributed by atoms with Crippen LogP contribution < -0.4 is 0 Å².